The summed E-state index contributed by atoms with van der Waals surface area (Å²) < 4.78 is 5.42. The molecule has 2 aromatic carbocycles. The van der Waals surface area contributed by atoms with Gasteiger partial charge in [0.2, 0.25) is 5.91 Å². The lowest BCUT2D eigenvalue weighted by molar-refractivity contribution is -0.114. The van der Waals surface area contributed by atoms with Gasteiger partial charge in [0.05, 0.1) is 13.2 Å². The molecule has 2 rings (SSSR count). The Balaban J connectivity index is 1.94. The monoisotopic (exact) mass is 298 g/mol. The van der Waals surface area contributed by atoms with E-state index in [1.807, 2.05) is 63.2 Å². The summed E-state index contributed by atoms with van der Waals surface area (Å²) in [6.45, 7) is 6.81. The summed E-state index contributed by atoms with van der Waals surface area (Å²) in [5, 5.41) is 6.07. The van der Waals surface area contributed by atoms with Crippen LogP contribution in [0.5, 0.6) is 5.75 Å². The predicted octanol–water partition coefficient (Wildman–Crippen LogP) is 3.75. The van der Waals surface area contributed by atoms with Gasteiger partial charge < -0.3 is 15.4 Å². The number of benzene rings is 2. The fraction of sp³-hybridized carbons (Fsp3) is 0.278. The number of aryl methyl sites for hydroxylation is 2. The molecule has 0 atom stereocenters. The van der Waals surface area contributed by atoms with E-state index in [4.69, 9.17) is 4.74 Å². The third-order valence-electron chi connectivity index (χ3n) is 3.34. The Morgan fingerprint density at radius 2 is 1.77 bits per heavy atom. The van der Waals surface area contributed by atoms with Gasteiger partial charge in [-0.15, -0.1) is 0 Å². The number of carbonyl (C=O) groups is 1. The Hall–Kier alpha value is -2.49. The van der Waals surface area contributed by atoms with Gasteiger partial charge in [-0.05, 0) is 44.0 Å². The van der Waals surface area contributed by atoms with Crippen LogP contribution in [0.25, 0.3) is 0 Å². The predicted molar refractivity (Wildman–Crippen MR) is 90.6 cm³/mol. The summed E-state index contributed by atoms with van der Waals surface area (Å²) in [4.78, 5) is 12.1. The SMILES string of the molecule is CCOc1cccc(NC(=O)CNc2c(C)cccc2C)c1. The van der Waals surface area contributed by atoms with Gasteiger partial charge in [0.25, 0.3) is 0 Å². The van der Waals surface area contributed by atoms with Crippen LogP contribution in [0.3, 0.4) is 0 Å². The highest BCUT2D eigenvalue weighted by molar-refractivity contribution is 5.94. The molecule has 0 saturated carbocycles. The average molecular weight is 298 g/mol. The van der Waals surface area contributed by atoms with Crippen LogP contribution < -0.4 is 15.4 Å². The van der Waals surface area contributed by atoms with E-state index in [-0.39, 0.29) is 12.5 Å². The highest BCUT2D eigenvalue weighted by Crippen LogP contribution is 2.20. The second-order valence-corrected chi connectivity index (χ2v) is 5.13. The zero-order valence-corrected chi connectivity index (χ0v) is 13.3. The van der Waals surface area contributed by atoms with Crippen molar-refractivity contribution in [3.05, 3.63) is 53.6 Å². The van der Waals surface area contributed by atoms with Crippen LogP contribution in [-0.4, -0.2) is 19.1 Å². The third-order valence-corrected chi connectivity index (χ3v) is 3.34. The molecule has 22 heavy (non-hydrogen) atoms. The first kappa shape index (κ1) is 15.9. The first-order chi connectivity index (χ1) is 10.6. The molecule has 4 heteroatoms. The number of hydrogen-bond donors (Lipinski definition) is 2. The topological polar surface area (TPSA) is 50.4 Å². The van der Waals surface area contributed by atoms with Crippen molar-refractivity contribution < 1.29 is 9.53 Å². The van der Waals surface area contributed by atoms with Gasteiger partial charge in [0, 0.05) is 17.4 Å². The minimum absolute atomic E-state index is 0.0868. The Morgan fingerprint density at radius 3 is 2.45 bits per heavy atom. The number of hydrogen-bond acceptors (Lipinski definition) is 3. The van der Waals surface area contributed by atoms with E-state index in [9.17, 15) is 4.79 Å². The standard InChI is InChI=1S/C18H22N2O2/c1-4-22-16-10-6-9-15(11-16)20-17(21)12-19-18-13(2)7-5-8-14(18)3/h5-11,19H,4,12H2,1-3H3,(H,20,21). The van der Waals surface area contributed by atoms with Gasteiger partial charge in [0.15, 0.2) is 0 Å². The van der Waals surface area contributed by atoms with Crippen LogP contribution in [0, 0.1) is 13.8 Å². The third kappa shape index (κ3) is 4.25. The van der Waals surface area contributed by atoms with Crippen LogP contribution in [0.4, 0.5) is 11.4 Å². The summed E-state index contributed by atoms with van der Waals surface area (Å²) in [5.74, 6) is 0.666. The maximum Gasteiger partial charge on any atom is 0.243 e. The number of ether oxygens (including phenoxy) is 1. The molecule has 0 bridgehead atoms. The van der Waals surface area contributed by atoms with Gasteiger partial charge >= 0.3 is 0 Å². The number of anilines is 2. The quantitative estimate of drug-likeness (QED) is 0.854. The molecule has 0 radical (unpaired) electrons. The highest BCUT2D eigenvalue weighted by Gasteiger charge is 2.06. The minimum Gasteiger partial charge on any atom is -0.494 e. The van der Waals surface area contributed by atoms with Crippen LogP contribution >= 0.6 is 0 Å². The van der Waals surface area contributed by atoms with E-state index in [1.165, 1.54) is 0 Å². The van der Waals surface area contributed by atoms with Gasteiger partial charge in [-0.3, -0.25) is 4.79 Å². The lowest BCUT2D eigenvalue weighted by atomic mass is 10.1. The molecule has 0 unspecified atom stereocenters. The zero-order valence-electron chi connectivity index (χ0n) is 13.3. The van der Waals surface area contributed by atoms with E-state index in [0.29, 0.717) is 6.61 Å². The van der Waals surface area contributed by atoms with Crippen molar-refractivity contribution >= 4 is 17.3 Å². The number of nitrogens with one attached hydrogen (secondary N) is 2. The second kappa shape index (κ2) is 7.50. The van der Waals surface area contributed by atoms with E-state index >= 15 is 0 Å². The van der Waals surface area contributed by atoms with E-state index < -0.39 is 0 Å². The molecule has 4 nitrogen and oxygen atoms in total. The second-order valence-electron chi connectivity index (χ2n) is 5.13. The van der Waals surface area contributed by atoms with Gasteiger partial charge in [0.1, 0.15) is 5.75 Å². The fourth-order valence-electron chi connectivity index (χ4n) is 2.30. The molecule has 0 aliphatic heterocycles. The molecular formula is C18H22N2O2. The van der Waals surface area contributed by atoms with E-state index in [0.717, 1.165) is 28.3 Å². The number of amides is 1. The smallest absolute Gasteiger partial charge is 0.243 e. The molecule has 0 aromatic heterocycles. The van der Waals surface area contributed by atoms with E-state index in [2.05, 4.69) is 10.6 Å². The summed E-state index contributed by atoms with van der Waals surface area (Å²) in [6, 6.07) is 13.5. The van der Waals surface area contributed by atoms with Gasteiger partial charge in [-0.1, -0.05) is 24.3 Å². The molecular weight excluding hydrogens is 276 g/mol. The lowest BCUT2D eigenvalue weighted by Crippen LogP contribution is -2.22. The Morgan fingerprint density at radius 1 is 1.09 bits per heavy atom. The normalized spacial score (nSPS) is 10.1. The molecule has 0 aliphatic rings. The average Bonchev–Trinajstić information content (AvgIpc) is 2.47. The maximum atomic E-state index is 12.1. The molecule has 116 valence electrons. The largest absolute Gasteiger partial charge is 0.494 e. The molecule has 2 aromatic rings. The maximum absolute atomic E-state index is 12.1. The number of carbonyl (C=O) groups excluding carboxylic acids is 1. The molecule has 0 saturated heterocycles. The van der Waals surface area contributed by atoms with E-state index in [1.54, 1.807) is 0 Å². The summed E-state index contributed by atoms with van der Waals surface area (Å²) in [5.41, 5.74) is 4.01. The summed E-state index contributed by atoms with van der Waals surface area (Å²) in [7, 11) is 0. The summed E-state index contributed by atoms with van der Waals surface area (Å²) >= 11 is 0. The van der Waals surface area contributed by atoms with Crippen molar-refractivity contribution in [2.24, 2.45) is 0 Å². The molecule has 2 N–H and O–H groups in total. The minimum atomic E-state index is -0.0868. The number of para-hydroxylation sites is 1. The van der Waals surface area contributed by atoms with Crippen molar-refractivity contribution in [1.82, 2.24) is 0 Å². The molecule has 0 spiro atoms. The highest BCUT2D eigenvalue weighted by atomic mass is 16.5. The Bertz CT molecular complexity index is 633. The molecule has 0 heterocycles. The molecule has 0 aliphatic carbocycles. The molecule has 1 amide bonds. The Kier molecular flexibility index (Phi) is 5.42. The summed E-state index contributed by atoms with van der Waals surface area (Å²) in [6.07, 6.45) is 0. The van der Waals surface area contributed by atoms with Crippen LogP contribution in [0.2, 0.25) is 0 Å². The van der Waals surface area contributed by atoms with Crippen LogP contribution in [0.15, 0.2) is 42.5 Å². The van der Waals surface area contributed by atoms with Gasteiger partial charge in [-0.25, -0.2) is 0 Å². The van der Waals surface area contributed by atoms with Crippen molar-refractivity contribution in [2.45, 2.75) is 20.8 Å². The lowest BCUT2D eigenvalue weighted by Gasteiger charge is -2.13. The number of rotatable bonds is 6. The first-order valence-corrected chi connectivity index (χ1v) is 7.43. The first-order valence-electron chi connectivity index (χ1n) is 7.43. The van der Waals surface area contributed by atoms with Crippen molar-refractivity contribution in [2.75, 3.05) is 23.8 Å². The fourth-order valence-corrected chi connectivity index (χ4v) is 2.30. The van der Waals surface area contributed by atoms with Crippen LogP contribution in [0.1, 0.15) is 18.1 Å². The van der Waals surface area contributed by atoms with Crippen LogP contribution in [-0.2, 0) is 4.79 Å². The van der Waals surface area contributed by atoms with Gasteiger partial charge in [-0.2, -0.15) is 0 Å². The zero-order chi connectivity index (χ0) is 15.9. The Labute approximate surface area is 131 Å². The van der Waals surface area contributed by atoms with Crippen molar-refractivity contribution in [3.63, 3.8) is 0 Å². The molecule has 0 fully saturated rings. The van der Waals surface area contributed by atoms with Crippen molar-refractivity contribution in [1.29, 1.82) is 0 Å². The van der Waals surface area contributed by atoms with Crippen molar-refractivity contribution in [3.8, 4) is 5.75 Å².